The van der Waals surface area contributed by atoms with Crippen LogP contribution in [0.15, 0.2) is 27.6 Å². The average molecular weight is 397 g/mol. The van der Waals surface area contributed by atoms with Gasteiger partial charge in [0.05, 0.1) is 6.54 Å². The van der Waals surface area contributed by atoms with Gasteiger partial charge in [0.15, 0.2) is 0 Å². The van der Waals surface area contributed by atoms with E-state index in [-0.39, 0.29) is 23.9 Å². The zero-order chi connectivity index (χ0) is 17.1. The topological polar surface area (TPSA) is 74.7 Å². The predicted molar refractivity (Wildman–Crippen MR) is 92.6 cm³/mol. The Morgan fingerprint density at radius 1 is 1.12 bits per heavy atom. The van der Waals surface area contributed by atoms with Crippen molar-refractivity contribution in [3.05, 3.63) is 33.2 Å². The molecule has 7 nitrogen and oxygen atoms in total. The number of carbonyl (C=O) groups is 2. The number of piperazine rings is 1. The molecule has 0 bridgehead atoms. The van der Waals surface area contributed by atoms with Gasteiger partial charge in [-0.05, 0) is 34.8 Å². The molecular weight excluding hydrogens is 376 g/mol. The van der Waals surface area contributed by atoms with Crippen molar-refractivity contribution in [2.45, 2.75) is 25.4 Å². The van der Waals surface area contributed by atoms with E-state index in [1.54, 1.807) is 17.2 Å². The molecule has 130 valence electrons. The molecule has 1 aromatic rings. The van der Waals surface area contributed by atoms with Crippen molar-refractivity contribution >= 4 is 27.7 Å². The maximum absolute atomic E-state index is 12.4. The Kier molecular flexibility index (Phi) is 5.35. The number of hydrogen-bond donors (Lipinski definition) is 1. The Bertz CT molecular complexity index is 678. The molecule has 2 aliphatic rings. The number of pyridine rings is 1. The summed E-state index contributed by atoms with van der Waals surface area (Å²) >= 11 is 3.31. The smallest absolute Gasteiger partial charge is 0.251 e. The number of rotatable bonds is 5. The molecule has 1 aliphatic heterocycles. The van der Waals surface area contributed by atoms with Gasteiger partial charge in [-0.15, -0.1) is 0 Å². The molecule has 8 heteroatoms. The summed E-state index contributed by atoms with van der Waals surface area (Å²) in [5, 5.41) is 2.98. The number of amides is 2. The van der Waals surface area contributed by atoms with Crippen molar-refractivity contribution in [3.8, 4) is 0 Å². The molecule has 0 atom stereocenters. The van der Waals surface area contributed by atoms with Crippen molar-refractivity contribution in [3.63, 3.8) is 0 Å². The van der Waals surface area contributed by atoms with E-state index in [1.165, 1.54) is 10.6 Å². The second kappa shape index (κ2) is 7.48. The van der Waals surface area contributed by atoms with E-state index < -0.39 is 0 Å². The highest BCUT2D eigenvalue weighted by Gasteiger charge is 2.26. The molecule has 2 fully saturated rings. The van der Waals surface area contributed by atoms with E-state index in [9.17, 15) is 14.4 Å². The average Bonchev–Trinajstić information content (AvgIpc) is 3.35. The fraction of sp³-hybridized carbons (Fsp3) is 0.562. The lowest BCUT2D eigenvalue weighted by Crippen LogP contribution is -2.52. The molecule has 2 amide bonds. The van der Waals surface area contributed by atoms with Crippen molar-refractivity contribution in [2.24, 2.45) is 0 Å². The number of aromatic nitrogens is 1. The maximum atomic E-state index is 12.4. The molecule has 1 aliphatic carbocycles. The van der Waals surface area contributed by atoms with Crippen molar-refractivity contribution in [1.82, 2.24) is 19.7 Å². The van der Waals surface area contributed by atoms with Crippen LogP contribution in [-0.4, -0.2) is 64.9 Å². The minimum absolute atomic E-state index is 0.0421. The molecule has 1 N–H and O–H groups in total. The second-order valence-electron chi connectivity index (χ2n) is 6.31. The summed E-state index contributed by atoms with van der Waals surface area (Å²) in [4.78, 5) is 39.8. The number of hydrogen-bond acceptors (Lipinski definition) is 4. The Labute approximate surface area is 148 Å². The van der Waals surface area contributed by atoms with Gasteiger partial charge in [-0.1, -0.05) is 0 Å². The third-order valence-electron chi connectivity index (χ3n) is 4.29. The first kappa shape index (κ1) is 17.2. The highest BCUT2D eigenvalue weighted by molar-refractivity contribution is 9.10. The Morgan fingerprint density at radius 3 is 2.50 bits per heavy atom. The first-order chi connectivity index (χ1) is 11.5. The summed E-state index contributed by atoms with van der Waals surface area (Å²) in [5.74, 6) is -0.00440. The van der Waals surface area contributed by atoms with Crippen LogP contribution in [0.1, 0.15) is 12.8 Å². The summed E-state index contributed by atoms with van der Waals surface area (Å²) in [6, 6.07) is 3.48. The quantitative estimate of drug-likeness (QED) is 0.761. The van der Waals surface area contributed by atoms with E-state index in [1.807, 2.05) is 0 Å². The molecule has 1 saturated carbocycles. The second-order valence-corrected chi connectivity index (χ2v) is 7.23. The van der Waals surface area contributed by atoms with Crippen LogP contribution in [0.3, 0.4) is 0 Å². The van der Waals surface area contributed by atoms with Crippen LogP contribution in [0, 0.1) is 0 Å². The highest BCUT2D eigenvalue weighted by atomic mass is 79.9. The third-order valence-corrected chi connectivity index (χ3v) is 4.76. The van der Waals surface area contributed by atoms with Crippen LogP contribution >= 0.6 is 15.9 Å². The summed E-state index contributed by atoms with van der Waals surface area (Å²) in [5.41, 5.74) is -0.193. The third kappa shape index (κ3) is 4.67. The summed E-state index contributed by atoms with van der Waals surface area (Å²) in [7, 11) is 0. The van der Waals surface area contributed by atoms with Crippen molar-refractivity contribution in [1.29, 1.82) is 0 Å². The van der Waals surface area contributed by atoms with Gasteiger partial charge in [0.2, 0.25) is 11.8 Å². The van der Waals surface area contributed by atoms with Gasteiger partial charge < -0.3 is 14.8 Å². The summed E-state index contributed by atoms with van der Waals surface area (Å²) in [6.07, 6.45) is 3.80. The molecule has 24 heavy (non-hydrogen) atoms. The van der Waals surface area contributed by atoms with Crippen LogP contribution < -0.4 is 10.9 Å². The minimum Gasteiger partial charge on any atom is -0.352 e. The van der Waals surface area contributed by atoms with Gasteiger partial charge in [-0.2, -0.15) is 0 Å². The van der Waals surface area contributed by atoms with Gasteiger partial charge in [0.25, 0.3) is 5.56 Å². The van der Waals surface area contributed by atoms with Gasteiger partial charge in [0, 0.05) is 49.0 Å². The molecule has 0 aromatic carbocycles. The van der Waals surface area contributed by atoms with Gasteiger partial charge in [-0.3, -0.25) is 19.3 Å². The lowest BCUT2D eigenvalue weighted by molar-refractivity contribution is -0.134. The van der Waals surface area contributed by atoms with E-state index in [0.29, 0.717) is 38.8 Å². The van der Waals surface area contributed by atoms with Crippen molar-refractivity contribution < 1.29 is 9.59 Å². The van der Waals surface area contributed by atoms with Crippen molar-refractivity contribution in [2.75, 3.05) is 32.7 Å². The minimum atomic E-state index is -0.193. The Balaban J connectivity index is 1.47. The number of carbonyl (C=O) groups excluding carboxylic acids is 2. The molecule has 2 heterocycles. The first-order valence-electron chi connectivity index (χ1n) is 8.17. The molecule has 3 rings (SSSR count). The SMILES string of the molecule is O=C(CN1CCN(C(=O)Cn2cc(Br)ccc2=O)CC1)NC1CC1. The van der Waals surface area contributed by atoms with E-state index in [0.717, 1.165) is 17.3 Å². The molecule has 0 spiro atoms. The first-order valence-corrected chi connectivity index (χ1v) is 8.96. The Morgan fingerprint density at radius 2 is 1.83 bits per heavy atom. The van der Waals surface area contributed by atoms with Gasteiger partial charge in [0.1, 0.15) is 6.54 Å². The summed E-state index contributed by atoms with van der Waals surface area (Å²) in [6.45, 7) is 2.95. The van der Waals surface area contributed by atoms with Crippen LogP contribution in [0.2, 0.25) is 0 Å². The van der Waals surface area contributed by atoms with E-state index >= 15 is 0 Å². The maximum Gasteiger partial charge on any atom is 0.251 e. The Hall–Kier alpha value is -1.67. The van der Waals surface area contributed by atoms with E-state index in [2.05, 4.69) is 26.1 Å². The standard InChI is InChI=1S/C16H21BrN4O3/c17-12-1-4-15(23)21(9-12)11-16(24)20-7-5-19(6-8-20)10-14(22)18-13-2-3-13/h1,4,9,13H,2-3,5-8,10-11H2,(H,18,22). The van der Waals surface area contributed by atoms with Crippen LogP contribution in [0.5, 0.6) is 0 Å². The monoisotopic (exact) mass is 396 g/mol. The largest absolute Gasteiger partial charge is 0.352 e. The zero-order valence-corrected chi connectivity index (χ0v) is 15.0. The number of halogens is 1. The zero-order valence-electron chi connectivity index (χ0n) is 13.4. The molecule has 1 saturated heterocycles. The predicted octanol–water partition coefficient (Wildman–Crippen LogP) is 0.0336. The lowest BCUT2D eigenvalue weighted by Gasteiger charge is -2.34. The van der Waals surface area contributed by atoms with Crippen LogP contribution in [0.4, 0.5) is 0 Å². The fourth-order valence-electron chi connectivity index (χ4n) is 2.73. The van der Waals surface area contributed by atoms with Crippen LogP contribution in [-0.2, 0) is 16.1 Å². The number of nitrogens with one attached hydrogen (secondary N) is 1. The molecule has 0 unspecified atom stereocenters. The number of nitrogens with zero attached hydrogens (tertiary/aromatic N) is 3. The van der Waals surface area contributed by atoms with Crippen LogP contribution in [0.25, 0.3) is 0 Å². The van der Waals surface area contributed by atoms with Gasteiger partial charge >= 0.3 is 0 Å². The van der Waals surface area contributed by atoms with Gasteiger partial charge in [-0.25, -0.2) is 0 Å². The highest BCUT2D eigenvalue weighted by Crippen LogP contribution is 2.18. The molecular formula is C16H21BrN4O3. The fourth-order valence-corrected chi connectivity index (χ4v) is 3.11. The normalized spacial score (nSPS) is 18.5. The summed E-state index contributed by atoms with van der Waals surface area (Å²) < 4.78 is 2.17. The molecule has 1 aromatic heterocycles. The lowest BCUT2D eigenvalue weighted by atomic mass is 10.3. The van der Waals surface area contributed by atoms with E-state index in [4.69, 9.17) is 0 Å². The molecule has 0 radical (unpaired) electrons.